The van der Waals surface area contributed by atoms with E-state index in [0.29, 0.717) is 30.2 Å². The number of carbonyl (C=O) groups excluding carboxylic acids is 1. The van der Waals surface area contributed by atoms with E-state index in [-0.39, 0.29) is 17.9 Å². The lowest BCUT2D eigenvalue weighted by Gasteiger charge is -2.24. The maximum absolute atomic E-state index is 13.3. The molecular formula is C24H26N2O4. The van der Waals surface area contributed by atoms with Gasteiger partial charge < -0.3 is 19.3 Å². The Morgan fingerprint density at radius 1 is 1.03 bits per heavy atom. The van der Waals surface area contributed by atoms with Crippen LogP contribution in [0.1, 0.15) is 48.0 Å². The third kappa shape index (κ3) is 4.03. The van der Waals surface area contributed by atoms with Crippen molar-refractivity contribution in [3.05, 3.63) is 65.4 Å². The van der Waals surface area contributed by atoms with Crippen molar-refractivity contribution >= 4 is 5.91 Å². The summed E-state index contributed by atoms with van der Waals surface area (Å²) in [6.07, 6.45) is 0.851. The van der Waals surface area contributed by atoms with Gasteiger partial charge in [-0.1, -0.05) is 55.4 Å². The number of ether oxygens (including phenoxy) is 2. The maximum atomic E-state index is 13.3. The summed E-state index contributed by atoms with van der Waals surface area (Å²) < 4.78 is 16.9. The summed E-state index contributed by atoms with van der Waals surface area (Å²) >= 11 is 0. The third-order valence-electron chi connectivity index (χ3n) is 5.22. The van der Waals surface area contributed by atoms with Crippen LogP contribution in [0.4, 0.5) is 0 Å². The topological polar surface area (TPSA) is 73.6 Å². The highest BCUT2D eigenvalue weighted by Gasteiger charge is 2.26. The third-order valence-corrected chi connectivity index (χ3v) is 5.22. The summed E-state index contributed by atoms with van der Waals surface area (Å²) in [4.78, 5) is 13.3. The number of benzene rings is 2. The van der Waals surface area contributed by atoms with Gasteiger partial charge in [-0.3, -0.25) is 4.79 Å². The molecule has 1 aromatic heterocycles. The normalized spacial score (nSPS) is 14.3. The van der Waals surface area contributed by atoms with Gasteiger partial charge >= 0.3 is 0 Å². The average Bonchev–Trinajstić information content (AvgIpc) is 2.98. The molecule has 6 heteroatoms. The van der Waals surface area contributed by atoms with E-state index < -0.39 is 0 Å². The second-order valence-electron chi connectivity index (χ2n) is 7.78. The molecule has 30 heavy (non-hydrogen) atoms. The molecule has 0 saturated carbocycles. The lowest BCUT2D eigenvalue weighted by Crippen LogP contribution is -2.32. The largest absolute Gasteiger partial charge is 0.490 e. The minimum atomic E-state index is -0.210. The van der Waals surface area contributed by atoms with Gasteiger partial charge in [0.05, 0.1) is 19.3 Å². The predicted molar refractivity (Wildman–Crippen MR) is 114 cm³/mol. The number of nitrogens with zero attached hydrogens (tertiary/aromatic N) is 1. The fourth-order valence-corrected chi connectivity index (χ4v) is 3.65. The number of nitrogens with one attached hydrogen (secondary N) is 1. The van der Waals surface area contributed by atoms with E-state index in [1.54, 1.807) is 6.92 Å². The minimum Gasteiger partial charge on any atom is -0.490 e. The molecule has 0 saturated heterocycles. The Hall–Kier alpha value is -3.28. The average molecular weight is 406 g/mol. The van der Waals surface area contributed by atoms with Crippen molar-refractivity contribution in [1.82, 2.24) is 10.5 Å². The van der Waals surface area contributed by atoms with E-state index in [0.717, 1.165) is 29.0 Å². The smallest absolute Gasteiger partial charge is 0.257 e. The predicted octanol–water partition coefficient (Wildman–Crippen LogP) is 4.94. The van der Waals surface area contributed by atoms with Crippen LogP contribution in [0.5, 0.6) is 11.5 Å². The molecule has 1 N–H and O–H groups in total. The van der Waals surface area contributed by atoms with E-state index in [9.17, 15) is 4.79 Å². The zero-order chi connectivity index (χ0) is 21.1. The summed E-state index contributed by atoms with van der Waals surface area (Å²) in [6, 6.07) is 15.2. The van der Waals surface area contributed by atoms with Crippen LogP contribution in [-0.2, 0) is 0 Å². The van der Waals surface area contributed by atoms with Crippen LogP contribution < -0.4 is 14.8 Å². The van der Waals surface area contributed by atoms with E-state index in [1.165, 1.54) is 0 Å². The molecule has 3 aromatic rings. The Morgan fingerprint density at radius 3 is 2.50 bits per heavy atom. The van der Waals surface area contributed by atoms with Crippen molar-refractivity contribution in [3.63, 3.8) is 0 Å². The molecule has 1 atom stereocenters. The van der Waals surface area contributed by atoms with Crippen molar-refractivity contribution < 1.29 is 18.8 Å². The molecule has 0 radical (unpaired) electrons. The number of carbonyl (C=O) groups is 1. The number of hydrogen-bond donors (Lipinski definition) is 1. The summed E-state index contributed by atoms with van der Waals surface area (Å²) in [6.45, 7) is 7.17. The van der Waals surface area contributed by atoms with Crippen molar-refractivity contribution in [2.45, 2.75) is 33.2 Å². The summed E-state index contributed by atoms with van der Waals surface area (Å²) in [5.74, 6) is 1.91. The zero-order valence-corrected chi connectivity index (χ0v) is 17.5. The second-order valence-corrected chi connectivity index (χ2v) is 7.78. The first-order valence-corrected chi connectivity index (χ1v) is 10.3. The van der Waals surface area contributed by atoms with Gasteiger partial charge in [0.2, 0.25) is 0 Å². The molecule has 0 bridgehead atoms. The first-order valence-electron chi connectivity index (χ1n) is 10.3. The molecule has 0 spiro atoms. The molecule has 4 rings (SSSR count). The number of fused-ring (bicyclic) bond motifs is 1. The zero-order valence-electron chi connectivity index (χ0n) is 17.5. The van der Waals surface area contributed by atoms with Gasteiger partial charge in [-0.2, -0.15) is 0 Å². The van der Waals surface area contributed by atoms with Crippen molar-refractivity contribution in [3.8, 4) is 22.8 Å². The SMILES string of the molecule is Cc1onc(-c2ccccc2)c1C(=O)NC(c1ccc2c(c1)OCCCO2)C(C)C. The molecule has 156 valence electrons. The quantitative estimate of drug-likeness (QED) is 0.650. The van der Waals surface area contributed by atoms with Crippen LogP contribution in [0.3, 0.4) is 0 Å². The van der Waals surface area contributed by atoms with Crippen LogP contribution in [0.2, 0.25) is 0 Å². The van der Waals surface area contributed by atoms with Gasteiger partial charge in [0, 0.05) is 12.0 Å². The summed E-state index contributed by atoms with van der Waals surface area (Å²) in [5, 5.41) is 7.30. The fourth-order valence-electron chi connectivity index (χ4n) is 3.65. The Labute approximate surface area is 176 Å². The highest BCUT2D eigenvalue weighted by Crippen LogP contribution is 2.34. The number of aryl methyl sites for hydroxylation is 1. The highest BCUT2D eigenvalue weighted by atomic mass is 16.5. The number of rotatable bonds is 5. The highest BCUT2D eigenvalue weighted by molar-refractivity contribution is 6.01. The Balaban J connectivity index is 1.63. The van der Waals surface area contributed by atoms with Gasteiger partial charge in [-0.15, -0.1) is 0 Å². The molecule has 1 aliphatic heterocycles. The van der Waals surface area contributed by atoms with Gasteiger partial charge in [0.15, 0.2) is 11.5 Å². The van der Waals surface area contributed by atoms with Crippen LogP contribution >= 0.6 is 0 Å². The van der Waals surface area contributed by atoms with Crippen LogP contribution in [0, 0.1) is 12.8 Å². The van der Waals surface area contributed by atoms with Crippen LogP contribution in [-0.4, -0.2) is 24.3 Å². The lowest BCUT2D eigenvalue weighted by molar-refractivity contribution is 0.0924. The molecule has 6 nitrogen and oxygen atoms in total. The Morgan fingerprint density at radius 2 is 1.77 bits per heavy atom. The Kier molecular flexibility index (Phi) is 5.74. The van der Waals surface area contributed by atoms with Crippen molar-refractivity contribution in [2.24, 2.45) is 5.92 Å². The van der Waals surface area contributed by atoms with E-state index in [1.807, 2.05) is 48.5 Å². The van der Waals surface area contributed by atoms with Gasteiger partial charge in [-0.25, -0.2) is 0 Å². The monoisotopic (exact) mass is 406 g/mol. The minimum absolute atomic E-state index is 0.166. The van der Waals surface area contributed by atoms with Gasteiger partial charge in [-0.05, 0) is 30.5 Å². The molecular weight excluding hydrogens is 380 g/mol. The molecule has 2 heterocycles. The van der Waals surface area contributed by atoms with E-state index >= 15 is 0 Å². The molecule has 2 aromatic carbocycles. The summed E-state index contributed by atoms with van der Waals surface area (Å²) in [7, 11) is 0. The number of aromatic nitrogens is 1. The first kappa shape index (κ1) is 20.0. The van der Waals surface area contributed by atoms with Gasteiger partial charge in [0.1, 0.15) is 17.0 Å². The fraction of sp³-hybridized carbons (Fsp3) is 0.333. The standard InChI is InChI=1S/C24H26N2O4/c1-15(2)22(18-10-11-19-20(14-18)29-13-7-12-28-19)25-24(27)21-16(3)30-26-23(21)17-8-5-4-6-9-17/h4-6,8-11,14-15,22H,7,12-13H2,1-3H3,(H,25,27). The second kappa shape index (κ2) is 8.61. The molecule has 0 fully saturated rings. The maximum Gasteiger partial charge on any atom is 0.257 e. The first-order chi connectivity index (χ1) is 14.5. The van der Waals surface area contributed by atoms with Crippen LogP contribution in [0.25, 0.3) is 11.3 Å². The molecule has 1 amide bonds. The van der Waals surface area contributed by atoms with Crippen LogP contribution in [0.15, 0.2) is 53.1 Å². The van der Waals surface area contributed by atoms with Gasteiger partial charge in [0.25, 0.3) is 5.91 Å². The molecule has 1 unspecified atom stereocenters. The summed E-state index contributed by atoms with van der Waals surface area (Å²) in [5.41, 5.74) is 2.82. The lowest BCUT2D eigenvalue weighted by atomic mass is 9.95. The van der Waals surface area contributed by atoms with Crippen molar-refractivity contribution in [2.75, 3.05) is 13.2 Å². The number of amides is 1. The number of hydrogen-bond acceptors (Lipinski definition) is 5. The van der Waals surface area contributed by atoms with E-state index in [2.05, 4.69) is 24.3 Å². The van der Waals surface area contributed by atoms with Crippen molar-refractivity contribution in [1.29, 1.82) is 0 Å². The molecule has 1 aliphatic rings. The molecule has 0 aliphatic carbocycles. The Bertz CT molecular complexity index is 1030. The van der Waals surface area contributed by atoms with E-state index in [4.69, 9.17) is 14.0 Å².